The molecule has 1 saturated heterocycles. The standard InChI is InChI=1S/C15H16N2O3S2/c1-10-13(22-14(16-10)11-4-7-21-9-11)15(19)20-8-12(18)17-5-2-3-6-17/h4,7,9H,2-3,5-6,8H2,1H3. The molecule has 7 heteroatoms. The number of carbonyl (C=O) groups excluding carboxylic acids is 2. The van der Waals surface area contributed by atoms with Crippen LogP contribution in [0.4, 0.5) is 0 Å². The Morgan fingerprint density at radius 1 is 1.36 bits per heavy atom. The van der Waals surface area contributed by atoms with Crippen LogP contribution >= 0.6 is 22.7 Å². The van der Waals surface area contributed by atoms with Crippen LogP contribution in [0.3, 0.4) is 0 Å². The molecule has 116 valence electrons. The van der Waals surface area contributed by atoms with Crippen LogP contribution in [0.25, 0.3) is 10.6 Å². The number of nitrogens with zero attached hydrogens (tertiary/aromatic N) is 2. The minimum atomic E-state index is -0.468. The molecule has 0 N–H and O–H groups in total. The number of hydrogen-bond donors (Lipinski definition) is 0. The van der Waals surface area contributed by atoms with Crippen molar-refractivity contribution in [2.45, 2.75) is 19.8 Å². The third-order valence-corrected chi connectivity index (χ3v) is 5.41. The number of carbonyl (C=O) groups is 2. The molecule has 2 aromatic rings. The first-order valence-corrected chi connectivity index (χ1v) is 8.86. The fourth-order valence-corrected chi connectivity index (χ4v) is 4.02. The van der Waals surface area contributed by atoms with Gasteiger partial charge in [-0.25, -0.2) is 9.78 Å². The van der Waals surface area contributed by atoms with Crippen molar-refractivity contribution in [3.63, 3.8) is 0 Å². The minimum Gasteiger partial charge on any atom is -0.451 e. The number of hydrogen-bond acceptors (Lipinski definition) is 6. The van der Waals surface area contributed by atoms with E-state index >= 15 is 0 Å². The molecule has 1 aliphatic rings. The highest BCUT2D eigenvalue weighted by molar-refractivity contribution is 7.17. The average Bonchev–Trinajstić information content (AvgIpc) is 3.23. The van der Waals surface area contributed by atoms with Gasteiger partial charge in [0.1, 0.15) is 9.88 Å². The second-order valence-corrected chi connectivity index (χ2v) is 6.89. The Kier molecular flexibility index (Phi) is 4.54. The van der Waals surface area contributed by atoms with Gasteiger partial charge in [-0.3, -0.25) is 4.79 Å². The van der Waals surface area contributed by atoms with Gasteiger partial charge in [0, 0.05) is 24.0 Å². The number of esters is 1. The van der Waals surface area contributed by atoms with Crippen LogP contribution in [0.15, 0.2) is 16.8 Å². The summed E-state index contributed by atoms with van der Waals surface area (Å²) in [5, 5.41) is 4.76. The summed E-state index contributed by atoms with van der Waals surface area (Å²) in [4.78, 5) is 30.7. The molecule has 0 saturated carbocycles. The van der Waals surface area contributed by atoms with Gasteiger partial charge in [-0.15, -0.1) is 11.3 Å². The van der Waals surface area contributed by atoms with Crippen molar-refractivity contribution in [2.75, 3.05) is 19.7 Å². The minimum absolute atomic E-state index is 0.119. The Bertz CT molecular complexity index is 673. The lowest BCUT2D eigenvalue weighted by molar-refractivity contribution is -0.133. The van der Waals surface area contributed by atoms with E-state index in [-0.39, 0.29) is 12.5 Å². The number of rotatable bonds is 4. The molecule has 0 aliphatic carbocycles. The van der Waals surface area contributed by atoms with E-state index in [0.717, 1.165) is 36.5 Å². The van der Waals surface area contributed by atoms with Crippen molar-refractivity contribution >= 4 is 34.6 Å². The summed E-state index contributed by atoms with van der Waals surface area (Å²) >= 11 is 2.89. The number of amides is 1. The molecule has 1 aliphatic heterocycles. The zero-order valence-corrected chi connectivity index (χ0v) is 13.8. The quantitative estimate of drug-likeness (QED) is 0.806. The maximum absolute atomic E-state index is 12.1. The fourth-order valence-electron chi connectivity index (χ4n) is 2.35. The normalized spacial score (nSPS) is 14.3. The average molecular weight is 336 g/mol. The van der Waals surface area contributed by atoms with Crippen LogP contribution < -0.4 is 0 Å². The number of thiophene rings is 1. The van der Waals surface area contributed by atoms with Gasteiger partial charge in [0.25, 0.3) is 5.91 Å². The summed E-state index contributed by atoms with van der Waals surface area (Å²) in [6.07, 6.45) is 2.05. The van der Waals surface area contributed by atoms with Gasteiger partial charge in [-0.05, 0) is 31.2 Å². The summed E-state index contributed by atoms with van der Waals surface area (Å²) in [5.74, 6) is -0.588. The first-order chi connectivity index (χ1) is 10.6. The summed E-state index contributed by atoms with van der Waals surface area (Å²) in [5.41, 5.74) is 1.65. The third-order valence-electron chi connectivity index (χ3n) is 3.54. The number of ether oxygens (including phenoxy) is 1. The highest BCUT2D eigenvalue weighted by Crippen LogP contribution is 2.29. The predicted octanol–water partition coefficient (Wildman–Crippen LogP) is 2.96. The zero-order valence-electron chi connectivity index (χ0n) is 12.2. The SMILES string of the molecule is Cc1nc(-c2ccsc2)sc1C(=O)OCC(=O)N1CCCC1. The second-order valence-electron chi connectivity index (χ2n) is 5.11. The topological polar surface area (TPSA) is 59.5 Å². The lowest BCUT2D eigenvalue weighted by Gasteiger charge is -2.14. The third kappa shape index (κ3) is 3.20. The number of aromatic nitrogens is 1. The van der Waals surface area contributed by atoms with Crippen molar-refractivity contribution in [3.8, 4) is 10.6 Å². The predicted molar refractivity (Wildman–Crippen MR) is 86.3 cm³/mol. The molecule has 0 radical (unpaired) electrons. The molecule has 3 heterocycles. The molecule has 1 amide bonds. The Labute approximate surface area is 136 Å². The van der Waals surface area contributed by atoms with Gasteiger partial charge in [0.05, 0.1) is 5.69 Å². The van der Waals surface area contributed by atoms with Crippen molar-refractivity contribution < 1.29 is 14.3 Å². The molecule has 22 heavy (non-hydrogen) atoms. The van der Waals surface area contributed by atoms with E-state index in [9.17, 15) is 9.59 Å². The van der Waals surface area contributed by atoms with Crippen LogP contribution in [0, 0.1) is 6.92 Å². The smallest absolute Gasteiger partial charge is 0.350 e. The van der Waals surface area contributed by atoms with E-state index in [1.807, 2.05) is 16.8 Å². The van der Waals surface area contributed by atoms with Crippen LogP contribution in [0.2, 0.25) is 0 Å². The van der Waals surface area contributed by atoms with Crippen molar-refractivity contribution in [2.24, 2.45) is 0 Å². The van der Waals surface area contributed by atoms with Crippen molar-refractivity contribution in [1.82, 2.24) is 9.88 Å². The van der Waals surface area contributed by atoms with E-state index in [1.54, 1.807) is 23.2 Å². The molecule has 0 aromatic carbocycles. The number of aryl methyl sites for hydroxylation is 1. The first-order valence-electron chi connectivity index (χ1n) is 7.10. The Morgan fingerprint density at radius 2 is 2.14 bits per heavy atom. The molecular weight excluding hydrogens is 320 g/mol. The summed E-state index contributed by atoms with van der Waals surface area (Å²) in [7, 11) is 0. The van der Waals surface area contributed by atoms with Gasteiger partial charge in [0.2, 0.25) is 0 Å². The molecule has 1 fully saturated rings. The maximum atomic E-state index is 12.1. The van der Waals surface area contributed by atoms with E-state index in [4.69, 9.17) is 4.74 Å². The number of likely N-dealkylation sites (tertiary alicyclic amines) is 1. The van der Waals surface area contributed by atoms with Crippen LogP contribution in [-0.4, -0.2) is 41.5 Å². The van der Waals surface area contributed by atoms with Crippen molar-refractivity contribution in [3.05, 3.63) is 27.4 Å². The molecule has 5 nitrogen and oxygen atoms in total. The Hall–Kier alpha value is -1.73. The maximum Gasteiger partial charge on any atom is 0.350 e. The van der Waals surface area contributed by atoms with E-state index < -0.39 is 5.97 Å². The Morgan fingerprint density at radius 3 is 2.82 bits per heavy atom. The zero-order chi connectivity index (χ0) is 15.5. The molecule has 0 unspecified atom stereocenters. The van der Waals surface area contributed by atoms with Crippen molar-refractivity contribution in [1.29, 1.82) is 0 Å². The summed E-state index contributed by atoms with van der Waals surface area (Å²) in [6.45, 7) is 3.12. The van der Waals surface area contributed by atoms with E-state index in [0.29, 0.717) is 10.6 Å². The van der Waals surface area contributed by atoms with Crippen LogP contribution in [-0.2, 0) is 9.53 Å². The second kappa shape index (κ2) is 6.58. The van der Waals surface area contributed by atoms with Gasteiger partial charge in [0.15, 0.2) is 6.61 Å². The molecular formula is C15H16N2O3S2. The lowest BCUT2D eigenvalue weighted by atomic mass is 10.3. The van der Waals surface area contributed by atoms with E-state index in [1.165, 1.54) is 11.3 Å². The molecule has 0 atom stereocenters. The highest BCUT2D eigenvalue weighted by Gasteiger charge is 2.22. The summed E-state index contributed by atoms with van der Waals surface area (Å²) < 4.78 is 5.16. The fraction of sp³-hybridized carbons (Fsp3) is 0.400. The molecule has 2 aromatic heterocycles. The first kappa shape index (κ1) is 15.2. The highest BCUT2D eigenvalue weighted by atomic mass is 32.1. The van der Waals surface area contributed by atoms with Gasteiger partial charge < -0.3 is 9.64 Å². The monoisotopic (exact) mass is 336 g/mol. The Balaban J connectivity index is 1.63. The van der Waals surface area contributed by atoms with Crippen LogP contribution in [0.1, 0.15) is 28.2 Å². The lowest BCUT2D eigenvalue weighted by Crippen LogP contribution is -2.32. The largest absolute Gasteiger partial charge is 0.451 e. The summed E-state index contributed by atoms with van der Waals surface area (Å²) in [6, 6.07) is 1.97. The molecule has 0 spiro atoms. The van der Waals surface area contributed by atoms with Gasteiger partial charge in [-0.2, -0.15) is 11.3 Å². The number of thiazole rings is 1. The molecule has 0 bridgehead atoms. The molecule has 3 rings (SSSR count). The van der Waals surface area contributed by atoms with Gasteiger partial charge >= 0.3 is 5.97 Å². The van der Waals surface area contributed by atoms with Crippen LogP contribution in [0.5, 0.6) is 0 Å². The van der Waals surface area contributed by atoms with E-state index in [2.05, 4.69) is 4.98 Å². The van der Waals surface area contributed by atoms with Gasteiger partial charge in [-0.1, -0.05) is 0 Å².